The number of nitrogens with one attached hydrogen (secondary N) is 1. The summed E-state index contributed by atoms with van der Waals surface area (Å²) in [5.74, 6) is 1.34. The number of anilines is 1. The van der Waals surface area contributed by atoms with Crippen LogP contribution in [0.5, 0.6) is 0 Å². The first kappa shape index (κ1) is 59.9. The van der Waals surface area contributed by atoms with E-state index < -0.39 is 9.23 Å². The molecule has 0 amide bonds. The number of hydrogen-bond acceptors (Lipinski definition) is 17. The summed E-state index contributed by atoms with van der Waals surface area (Å²) in [4.78, 5) is 80.7. The number of carbonyl (C=O) groups is 4. The fourth-order valence-corrected chi connectivity index (χ4v) is 13.6. The average Bonchev–Trinajstić information content (AvgIpc) is 4.19. The van der Waals surface area contributed by atoms with E-state index in [1.165, 1.54) is 44.5 Å². The summed E-state index contributed by atoms with van der Waals surface area (Å²) in [7, 11) is 13.0. The standard InChI is InChI=1S/C18H17ClN2O2S.C18H18N2O3S.C10H9NO2S.C9H13NO2.Cl2OS/c1-23-18(22)11-8-6-10(7-9-11)16-20-15(19)14-12-4-2-3-5-13(12)24-17(14)21-16;1-23-18(22)11-8-6-10(7-9-11)15-19-16(21)14-12-4-2-3-5-13(12)24-17(14)20-15;1-13-10(12)8-6-4-2-3-5-7(6)14-9(8)11;1-10-8-5-3-7(4-6-8)9(11)12-2;1-4(2)3/h2-5,10-11H,6-9H2,1H3;2-5,10-11H,6-9H2,1H3,(H,19,20,21);2-5H,11H2,1H3;7-8H,3-6H2,2H3;. The molecule has 11 rings (SSSR count). The molecule has 0 saturated heterocycles. The van der Waals surface area contributed by atoms with Crippen molar-refractivity contribution in [2.75, 3.05) is 34.2 Å². The second-order valence-corrected chi connectivity index (χ2v) is 24.7. The molecule has 3 aliphatic carbocycles. The number of nitrogens with two attached hydrogens (primary N) is 1. The highest BCUT2D eigenvalue weighted by Crippen LogP contribution is 2.41. The Balaban J connectivity index is 0.000000153. The minimum absolute atomic E-state index is 0.00905. The molecule has 412 valence electrons. The highest BCUT2D eigenvalue weighted by molar-refractivity contribution is 8.26. The van der Waals surface area contributed by atoms with Crippen molar-refractivity contribution in [3.8, 4) is 0 Å². The predicted molar refractivity (Wildman–Crippen MR) is 313 cm³/mol. The molecule has 0 spiro atoms. The van der Waals surface area contributed by atoms with Gasteiger partial charge in [-0.2, -0.15) is 0 Å². The fraction of sp³-hybridized carbons (Fsp3) is 0.400. The number of carbonyl (C=O) groups excluding carboxylic acids is 4. The number of nitrogen functional groups attached to an aromatic ring is 1. The third kappa shape index (κ3) is 14.7. The molecule has 3 N–H and O–H groups in total. The SMILES string of the molecule is COC(=O)C1CCC(c2nc(Cl)c3c(n2)sc2ccccc23)CC1.COC(=O)C1CCC(c2nc3sc4ccccc4c3c(=O)[nH]2)CC1.COC(=O)c1c(N)sc2ccccc12.O=S(Cl)Cl.[C-]#[N+]C1CCC(C(=O)OC)CC1. The van der Waals surface area contributed by atoms with Gasteiger partial charge in [-0.3, -0.25) is 19.2 Å². The van der Waals surface area contributed by atoms with Gasteiger partial charge in [-0.15, -0.1) is 34.0 Å². The van der Waals surface area contributed by atoms with Gasteiger partial charge in [0.2, 0.25) is 15.3 Å². The van der Waals surface area contributed by atoms with Crippen LogP contribution in [0.1, 0.15) is 111 Å². The van der Waals surface area contributed by atoms with Crippen molar-refractivity contribution in [1.82, 2.24) is 19.9 Å². The summed E-state index contributed by atoms with van der Waals surface area (Å²) in [5, 5.41) is 5.62. The van der Waals surface area contributed by atoms with Crippen molar-refractivity contribution in [2.24, 2.45) is 17.8 Å². The number of nitrogens with zero attached hydrogens (tertiary/aromatic N) is 4. The molecule has 5 heterocycles. The molecule has 0 aliphatic heterocycles. The normalized spacial score (nSPS) is 19.8. The minimum Gasteiger partial charge on any atom is -0.469 e. The van der Waals surface area contributed by atoms with E-state index in [4.69, 9.17) is 47.6 Å². The Morgan fingerprint density at radius 2 is 1.04 bits per heavy atom. The van der Waals surface area contributed by atoms with Crippen molar-refractivity contribution < 1.29 is 42.3 Å². The van der Waals surface area contributed by atoms with Crippen molar-refractivity contribution in [3.63, 3.8) is 0 Å². The van der Waals surface area contributed by atoms with E-state index in [2.05, 4.69) is 57.8 Å². The molecule has 16 nitrogen and oxygen atoms in total. The molecule has 5 aromatic heterocycles. The second-order valence-electron chi connectivity index (χ2n) is 18.7. The van der Waals surface area contributed by atoms with Gasteiger partial charge >= 0.3 is 23.9 Å². The maximum absolute atomic E-state index is 12.6. The zero-order valence-corrected chi connectivity index (χ0v) is 48.6. The van der Waals surface area contributed by atoms with Gasteiger partial charge < -0.3 is 34.5 Å². The maximum Gasteiger partial charge on any atom is 0.341 e. The molecule has 0 unspecified atom stereocenters. The van der Waals surface area contributed by atoms with Crippen molar-refractivity contribution in [2.45, 2.75) is 94.9 Å². The van der Waals surface area contributed by atoms with Crippen LogP contribution in [0.25, 0.3) is 55.5 Å². The molecule has 3 aliphatic rings. The third-order valence-corrected chi connectivity index (χ3v) is 17.6. The smallest absolute Gasteiger partial charge is 0.341 e. The van der Waals surface area contributed by atoms with E-state index >= 15 is 0 Å². The molecule has 0 radical (unpaired) electrons. The van der Waals surface area contributed by atoms with Crippen LogP contribution in [0.15, 0.2) is 77.6 Å². The summed E-state index contributed by atoms with van der Waals surface area (Å²) in [6, 6.07) is 23.8. The Kier molecular flexibility index (Phi) is 21.8. The van der Waals surface area contributed by atoms with Gasteiger partial charge in [-0.1, -0.05) is 66.2 Å². The highest BCUT2D eigenvalue weighted by Gasteiger charge is 2.32. The number of benzene rings is 3. The molecular weight excluding hydrogens is 1140 g/mol. The van der Waals surface area contributed by atoms with E-state index in [1.54, 1.807) is 22.7 Å². The highest BCUT2D eigenvalue weighted by atomic mass is 36.0. The first-order valence-corrected chi connectivity index (χ1v) is 30.7. The zero-order valence-electron chi connectivity index (χ0n) is 43.1. The first-order chi connectivity index (χ1) is 37.6. The Labute approximate surface area is 478 Å². The number of esters is 4. The lowest BCUT2D eigenvalue weighted by Gasteiger charge is -2.26. The van der Waals surface area contributed by atoms with Crippen LogP contribution < -0.4 is 11.3 Å². The van der Waals surface area contributed by atoms with Crippen LogP contribution in [-0.4, -0.2) is 82.5 Å². The van der Waals surface area contributed by atoms with Gasteiger partial charge in [0.1, 0.15) is 37.0 Å². The summed E-state index contributed by atoms with van der Waals surface area (Å²) < 4.78 is 31.3. The Morgan fingerprint density at radius 3 is 1.51 bits per heavy atom. The molecule has 8 aromatic rings. The first-order valence-electron chi connectivity index (χ1n) is 25.0. The molecule has 3 fully saturated rings. The number of thiophene rings is 3. The maximum atomic E-state index is 12.6. The lowest BCUT2D eigenvalue weighted by molar-refractivity contribution is -0.147. The van der Waals surface area contributed by atoms with Gasteiger partial charge in [-0.25, -0.2) is 30.5 Å². The number of ether oxygens (including phenoxy) is 4. The quantitative estimate of drug-likeness (QED) is 0.0519. The third-order valence-electron chi connectivity index (χ3n) is 14.2. The number of halogens is 3. The van der Waals surface area contributed by atoms with E-state index in [-0.39, 0.29) is 65.1 Å². The largest absolute Gasteiger partial charge is 0.469 e. The van der Waals surface area contributed by atoms with Crippen LogP contribution in [0.3, 0.4) is 0 Å². The Hall–Kier alpha value is -5.79. The van der Waals surface area contributed by atoms with E-state index in [0.717, 1.165) is 129 Å². The van der Waals surface area contributed by atoms with Gasteiger partial charge in [-0.05, 0) is 82.4 Å². The van der Waals surface area contributed by atoms with Crippen LogP contribution in [0.4, 0.5) is 5.00 Å². The Morgan fingerprint density at radius 1 is 0.615 bits per heavy atom. The lowest BCUT2D eigenvalue weighted by atomic mass is 9.81. The molecule has 23 heteroatoms. The summed E-state index contributed by atoms with van der Waals surface area (Å²) >= 11 is 11.1. The van der Waals surface area contributed by atoms with Crippen molar-refractivity contribution in [1.29, 1.82) is 0 Å². The van der Waals surface area contributed by atoms with E-state index in [0.29, 0.717) is 21.1 Å². The van der Waals surface area contributed by atoms with E-state index in [9.17, 15) is 24.0 Å². The van der Waals surface area contributed by atoms with Gasteiger partial charge in [0, 0.05) is 76.3 Å². The molecule has 78 heavy (non-hydrogen) atoms. The van der Waals surface area contributed by atoms with Crippen LogP contribution in [0.2, 0.25) is 5.15 Å². The summed E-state index contributed by atoms with van der Waals surface area (Å²) in [6.45, 7) is 6.82. The van der Waals surface area contributed by atoms with Crippen LogP contribution in [0, 0.1) is 24.3 Å². The summed E-state index contributed by atoms with van der Waals surface area (Å²) in [6.07, 6.45) is 10.0. The molecule has 0 bridgehead atoms. The zero-order chi connectivity index (χ0) is 56.0. The van der Waals surface area contributed by atoms with Gasteiger partial charge in [0.25, 0.3) is 5.56 Å². The molecule has 0 atom stereocenters. The summed E-state index contributed by atoms with van der Waals surface area (Å²) in [5.41, 5.74) is 6.16. The molecule has 3 saturated carbocycles. The number of rotatable bonds is 6. The van der Waals surface area contributed by atoms with Crippen LogP contribution in [-0.2, 0) is 42.6 Å². The van der Waals surface area contributed by atoms with E-state index in [1.807, 2.05) is 60.7 Å². The number of hydrogen-bond donors (Lipinski definition) is 2. The lowest BCUT2D eigenvalue weighted by Crippen LogP contribution is -2.24. The number of fused-ring (bicyclic) bond motifs is 7. The molecular formula is C55H57Cl3N6O10S4. The second kappa shape index (κ2) is 28.4. The van der Waals surface area contributed by atoms with Gasteiger partial charge in [0.15, 0.2) is 0 Å². The van der Waals surface area contributed by atoms with Crippen molar-refractivity contribution >= 4 is 156 Å². The number of aromatic amines is 1. The average molecular weight is 1200 g/mol. The minimum atomic E-state index is -1.67. The fourth-order valence-electron chi connectivity index (χ4n) is 10.1. The number of aromatic nitrogens is 4. The Bertz CT molecular complexity index is 3530. The monoisotopic (exact) mass is 1190 g/mol. The topological polar surface area (TPSA) is 224 Å². The number of H-pyrrole nitrogens is 1. The predicted octanol–water partition coefficient (Wildman–Crippen LogP) is 13.5. The number of methoxy groups -OCH3 is 4. The van der Waals surface area contributed by atoms with Crippen LogP contribution >= 0.6 is 67.0 Å². The van der Waals surface area contributed by atoms with Gasteiger partial charge in [0.05, 0.1) is 57.0 Å². The molecule has 3 aromatic carbocycles. The van der Waals surface area contributed by atoms with Crippen molar-refractivity contribution in [3.05, 3.63) is 117 Å².